The van der Waals surface area contributed by atoms with Crippen LogP contribution < -0.4 is 15.4 Å². The van der Waals surface area contributed by atoms with Gasteiger partial charge in [-0.05, 0) is 42.8 Å². The first-order chi connectivity index (χ1) is 12.5. The van der Waals surface area contributed by atoms with Gasteiger partial charge in [0, 0.05) is 36.2 Å². The molecule has 0 radical (unpaired) electrons. The maximum absolute atomic E-state index is 12.1. The second-order valence-electron chi connectivity index (χ2n) is 5.60. The second kappa shape index (κ2) is 10.3. The minimum Gasteiger partial charge on any atom is -0.385 e. The van der Waals surface area contributed by atoms with Crippen molar-refractivity contribution in [1.82, 2.24) is 10.0 Å². The van der Waals surface area contributed by atoms with Crippen LogP contribution in [-0.4, -0.2) is 34.0 Å². The van der Waals surface area contributed by atoms with Gasteiger partial charge in [0.2, 0.25) is 15.9 Å². The molecule has 0 aliphatic carbocycles. The van der Waals surface area contributed by atoms with Crippen molar-refractivity contribution in [1.29, 1.82) is 0 Å². The summed E-state index contributed by atoms with van der Waals surface area (Å²) in [6.07, 6.45) is 0.882. The van der Waals surface area contributed by atoms with E-state index in [1.54, 1.807) is 12.1 Å². The SMILES string of the molecule is O=C(CCNS(=O)(=O)c1ccc(Br)cc1)NCCCNc1ccccc1. The topological polar surface area (TPSA) is 87.3 Å². The third-order valence-electron chi connectivity index (χ3n) is 3.55. The highest BCUT2D eigenvalue weighted by Gasteiger charge is 2.13. The van der Waals surface area contributed by atoms with Gasteiger partial charge in [-0.15, -0.1) is 0 Å². The summed E-state index contributed by atoms with van der Waals surface area (Å²) in [5.41, 5.74) is 1.04. The Morgan fingerprint density at radius 2 is 1.62 bits per heavy atom. The molecule has 0 unspecified atom stereocenters. The van der Waals surface area contributed by atoms with Crippen LogP contribution in [0, 0.1) is 0 Å². The quantitative estimate of drug-likeness (QED) is 0.496. The number of hydrogen-bond acceptors (Lipinski definition) is 4. The zero-order valence-corrected chi connectivity index (χ0v) is 16.6. The first-order valence-electron chi connectivity index (χ1n) is 8.28. The van der Waals surface area contributed by atoms with Crippen LogP contribution in [-0.2, 0) is 14.8 Å². The van der Waals surface area contributed by atoms with Gasteiger partial charge in [0.25, 0.3) is 0 Å². The van der Waals surface area contributed by atoms with Gasteiger partial charge in [-0.25, -0.2) is 13.1 Å². The predicted molar refractivity (Wildman–Crippen MR) is 107 cm³/mol. The van der Waals surface area contributed by atoms with E-state index in [1.807, 2.05) is 30.3 Å². The summed E-state index contributed by atoms with van der Waals surface area (Å²) in [7, 11) is -3.59. The molecule has 0 atom stereocenters. The van der Waals surface area contributed by atoms with Crippen LogP contribution in [0.15, 0.2) is 64.0 Å². The second-order valence-corrected chi connectivity index (χ2v) is 8.28. The zero-order chi connectivity index (χ0) is 18.8. The summed E-state index contributed by atoms with van der Waals surface area (Å²) < 4.78 is 27.4. The van der Waals surface area contributed by atoms with Crippen LogP contribution in [0.1, 0.15) is 12.8 Å². The molecule has 0 aromatic heterocycles. The van der Waals surface area contributed by atoms with Crippen LogP contribution in [0.25, 0.3) is 0 Å². The number of carbonyl (C=O) groups excluding carboxylic acids is 1. The zero-order valence-electron chi connectivity index (χ0n) is 14.2. The Kier molecular flexibility index (Phi) is 8.08. The van der Waals surface area contributed by atoms with Gasteiger partial charge in [0.15, 0.2) is 0 Å². The molecule has 0 aliphatic rings. The summed E-state index contributed by atoms with van der Waals surface area (Å²) in [5, 5.41) is 6.04. The van der Waals surface area contributed by atoms with Gasteiger partial charge >= 0.3 is 0 Å². The maximum Gasteiger partial charge on any atom is 0.240 e. The minimum absolute atomic E-state index is 0.0620. The molecule has 3 N–H and O–H groups in total. The molecule has 0 saturated carbocycles. The fourth-order valence-corrected chi connectivity index (χ4v) is 3.49. The fourth-order valence-electron chi connectivity index (χ4n) is 2.19. The van der Waals surface area contributed by atoms with Gasteiger partial charge < -0.3 is 10.6 Å². The molecule has 1 amide bonds. The fraction of sp³-hybridized carbons (Fsp3) is 0.278. The Morgan fingerprint density at radius 1 is 0.923 bits per heavy atom. The molecule has 6 nitrogen and oxygen atoms in total. The van der Waals surface area contributed by atoms with E-state index >= 15 is 0 Å². The summed E-state index contributed by atoms with van der Waals surface area (Å²) >= 11 is 3.26. The van der Waals surface area contributed by atoms with Crippen LogP contribution in [0.2, 0.25) is 0 Å². The summed E-state index contributed by atoms with van der Waals surface area (Å²) in [5.74, 6) is -0.178. The van der Waals surface area contributed by atoms with Crippen molar-refractivity contribution >= 4 is 37.5 Å². The van der Waals surface area contributed by atoms with Crippen molar-refractivity contribution in [3.05, 3.63) is 59.1 Å². The average Bonchev–Trinajstić information content (AvgIpc) is 2.62. The highest BCUT2D eigenvalue weighted by Crippen LogP contribution is 2.14. The average molecular weight is 440 g/mol. The summed E-state index contributed by atoms with van der Waals surface area (Å²) in [6, 6.07) is 16.2. The number of rotatable bonds is 10. The molecule has 0 saturated heterocycles. The number of carbonyl (C=O) groups is 1. The van der Waals surface area contributed by atoms with Gasteiger partial charge in [-0.1, -0.05) is 34.1 Å². The van der Waals surface area contributed by atoms with E-state index in [1.165, 1.54) is 12.1 Å². The number of halogens is 1. The number of amides is 1. The van der Waals surface area contributed by atoms with Gasteiger partial charge in [0.1, 0.15) is 0 Å². The van der Waals surface area contributed by atoms with Crippen molar-refractivity contribution in [2.45, 2.75) is 17.7 Å². The molecule has 8 heteroatoms. The van der Waals surface area contributed by atoms with Gasteiger partial charge in [0.05, 0.1) is 4.90 Å². The monoisotopic (exact) mass is 439 g/mol. The Balaban J connectivity index is 1.60. The van der Waals surface area contributed by atoms with E-state index in [4.69, 9.17) is 0 Å². The first kappa shape index (κ1) is 20.4. The lowest BCUT2D eigenvalue weighted by Gasteiger charge is -2.09. The molecule has 2 rings (SSSR count). The molecule has 0 fully saturated rings. The number of para-hydroxylation sites is 1. The van der Waals surface area contributed by atoms with Crippen LogP contribution in [0.4, 0.5) is 5.69 Å². The summed E-state index contributed by atoms with van der Waals surface area (Å²) in [4.78, 5) is 11.9. The predicted octanol–water partition coefficient (Wildman–Crippen LogP) is 2.74. The van der Waals surface area contributed by atoms with Crippen molar-refractivity contribution in [3.8, 4) is 0 Å². The van der Waals surface area contributed by atoms with Gasteiger partial charge in [-0.2, -0.15) is 0 Å². The smallest absolute Gasteiger partial charge is 0.240 e. The van der Waals surface area contributed by atoms with Crippen LogP contribution in [0.5, 0.6) is 0 Å². The maximum atomic E-state index is 12.1. The van der Waals surface area contributed by atoms with E-state index in [0.29, 0.717) is 6.54 Å². The molecule has 140 valence electrons. The normalized spacial score (nSPS) is 11.1. The van der Waals surface area contributed by atoms with Crippen molar-refractivity contribution in [2.75, 3.05) is 25.0 Å². The number of sulfonamides is 1. The number of nitrogens with one attached hydrogen (secondary N) is 3. The Labute approximate surface area is 162 Å². The Morgan fingerprint density at radius 3 is 2.31 bits per heavy atom. The van der Waals surface area contributed by atoms with E-state index in [-0.39, 0.29) is 23.8 Å². The molecule has 2 aromatic carbocycles. The third kappa shape index (κ3) is 7.15. The van der Waals surface area contributed by atoms with Crippen LogP contribution >= 0.6 is 15.9 Å². The number of anilines is 1. The van der Waals surface area contributed by atoms with E-state index in [0.717, 1.165) is 23.1 Å². The van der Waals surface area contributed by atoms with E-state index < -0.39 is 10.0 Å². The molecular weight excluding hydrogens is 418 g/mol. The number of hydrogen-bond donors (Lipinski definition) is 3. The molecule has 2 aromatic rings. The first-order valence-corrected chi connectivity index (χ1v) is 10.6. The van der Waals surface area contributed by atoms with Crippen molar-refractivity contribution < 1.29 is 13.2 Å². The minimum atomic E-state index is -3.59. The Bertz CT molecular complexity index is 796. The lowest BCUT2D eigenvalue weighted by atomic mass is 10.3. The summed E-state index contributed by atoms with van der Waals surface area (Å²) in [6.45, 7) is 1.35. The number of benzene rings is 2. The van der Waals surface area contributed by atoms with E-state index in [2.05, 4.69) is 31.3 Å². The lowest BCUT2D eigenvalue weighted by molar-refractivity contribution is -0.120. The molecule has 0 bridgehead atoms. The van der Waals surface area contributed by atoms with Crippen molar-refractivity contribution in [2.24, 2.45) is 0 Å². The van der Waals surface area contributed by atoms with Crippen LogP contribution in [0.3, 0.4) is 0 Å². The Hall–Kier alpha value is -1.90. The van der Waals surface area contributed by atoms with Crippen molar-refractivity contribution in [3.63, 3.8) is 0 Å². The highest BCUT2D eigenvalue weighted by molar-refractivity contribution is 9.10. The van der Waals surface area contributed by atoms with Gasteiger partial charge in [-0.3, -0.25) is 4.79 Å². The largest absolute Gasteiger partial charge is 0.385 e. The van der Waals surface area contributed by atoms with E-state index in [9.17, 15) is 13.2 Å². The lowest BCUT2D eigenvalue weighted by Crippen LogP contribution is -2.31. The molecule has 0 aliphatic heterocycles. The molecule has 0 spiro atoms. The third-order valence-corrected chi connectivity index (χ3v) is 5.55. The standard InChI is InChI=1S/C18H22BrN3O3S/c19-15-7-9-17(10-8-15)26(24,25)22-14-11-18(23)21-13-4-12-20-16-5-2-1-3-6-16/h1-3,5-10,20,22H,4,11-14H2,(H,21,23). The molecule has 26 heavy (non-hydrogen) atoms. The molecule has 0 heterocycles. The molecular formula is C18H22BrN3O3S. The highest BCUT2D eigenvalue weighted by atomic mass is 79.9.